The van der Waals surface area contributed by atoms with Gasteiger partial charge in [0.25, 0.3) is 0 Å². The number of guanidine groups is 1. The van der Waals surface area contributed by atoms with Gasteiger partial charge in [0.05, 0.1) is 23.7 Å². The summed E-state index contributed by atoms with van der Waals surface area (Å²) in [6.07, 6.45) is 2.11. The molecule has 0 amide bonds. The molecule has 1 heterocycles. The third kappa shape index (κ3) is 7.25. The standard InChI is InChI=1S/C23H28N4O3S/c1-18-9-11-20(12-10-18)22-27-21(16-30-22)15-26-23(24-2)25-13-6-14-31(28,29)17-19-7-4-3-5-8-19/h3-5,7-12,16H,6,13-15,17H2,1-2H3,(H2,24,25,26). The van der Waals surface area contributed by atoms with E-state index in [1.54, 1.807) is 13.3 Å². The van der Waals surface area contributed by atoms with Gasteiger partial charge in [0, 0.05) is 19.2 Å². The van der Waals surface area contributed by atoms with Crippen LogP contribution in [0.2, 0.25) is 0 Å². The Morgan fingerprint density at radius 3 is 2.52 bits per heavy atom. The van der Waals surface area contributed by atoms with Crippen LogP contribution in [0.1, 0.15) is 23.2 Å². The van der Waals surface area contributed by atoms with E-state index in [1.165, 1.54) is 5.56 Å². The van der Waals surface area contributed by atoms with E-state index < -0.39 is 9.84 Å². The number of oxazole rings is 1. The molecular formula is C23H28N4O3S. The molecule has 0 radical (unpaired) electrons. The number of aryl methyl sites for hydroxylation is 1. The Bertz CT molecular complexity index is 1090. The van der Waals surface area contributed by atoms with Crippen molar-refractivity contribution in [2.75, 3.05) is 19.3 Å². The van der Waals surface area contributed by atoms with Crippen molar-refractivity contribution >= 4 is 15.8 Å². The third-order valence-electron chi connectivity index (χ3n) is 4.66. The van der Waals surface area contributed by atoms with Crippen molar-refractivity contribution in [3.05, 3.63) is 77.7 Å². The van der Waals surface area contributed by atoms with Gasteiger partial charge in [-0.2, -0.15) is 0 Å². The van der Waals surface area contributed by atoms with Gasteiger partial charge in [-0.1, -0.05) is 48.0 Å². The molecule has 0 saturated heterocycles. The number of rotatable bonds is 9. The number of sulfone groups is 1. The number of benzene rings is 2. The molecule has 3 rings (SSSR count). The van der Waals surface area contributed by atoms with Crippen LogP contribution in [0.15, 0.2) is 70.3 Å². The zero-order valence-electron chi connectivity index (χ0n) is 17.8. The minimum Gasteiger partial charge on any atom is -0.444 e. The maximum absolute atomic E-state index is 12.3. The molecule has 0 saturated carbocycles. The average molecular weight is 441 g/mol. The van der Waals surface area contributed by atoms with Gasteiger partial charge < -0.3 is 15.1 Å². The predicted octanol–water partition coefficient (Wildman–Crippen LogP) is 3.32. The summed E-state index contributed by atoms with van der Waals surface area (Å²) in [7, 11) is -1.47. The highest BCUT2D eigenvalue weighted by Crippen LogP contribution is 2.19. The summed E-state index contributed by atoms with van der Waals surface area (Å²) in [6, 6.07) is 17.2. The topological polar surface area (TPSA) is 96.6 Å². The van der Waals surface area contributed by atoms with Gasteiger partial charge in [0.15, 0.2) is 15.8 Å². The number of hydrogen-bond acceptors (Lipinski definition) is 5. The molecule has 0 spiro atoms. The van der Waals surface area contributed by atoms with E-state index in [-0.39, 0.29) is 11.5 Å². The zero-order valence-corrected chi connectivity index (χ0v) is 18.7. The van der Waals surface area contributed by atoms with E-state index in [2.05, 4.69) is 20.6 Å². The van der Waals surface area contributed by atoms with Gasteiger partial charge in [-0.25, -0.2) is 13.4 Å². The zero-order chi connectivity index (χ0) is 22.1. The molecule has 3 aromatic rings. The summed E-state index contributed by atoms with van der Waals surface area (Å²) < 4.78 is 30.1. The van der Waals surface area contributed by atoms with Crippen LogP contribution in [-0.2, 0) is 22.1 Å². The Labute approximate surface area is 183 Å². The summed E-state index contributed by atoms with van der Waals surface area (Å²) in [5, 5.41) is 6.30. The summed E-state index contributed by atoms with van der Waals surface area (Å²) in [5.41, 5.74) is 3.67. The molecular weight excluding hydrogens is 412 g/mol. The highest BCUT2D eigenvalue weighted by Gasteiger charge is 2.12. The first-order valence-corrected chi connectivity index (χ1v) is 12.0. The van der Waals surface area contributed by atoms with Crippen LogP contribution in [0, 0.1) is 6.92 Å². The lowest BCUT2D eigenvalue weighted by atomic mass is 10.1. The van der Waals surface area contributed by atoms with Crippen LogP contribution >= 0.6 is 0 Å². The molecule has 2 aromatic carbocycles. The summed E-state index contributed by atoms with van der Waals surface area (Å²) in [4.78, 5) is 8.66. The number of aliphatic imine (C=N–C) groups is 1. The molecule has 164 valence electrons. The molecule has 0 bridgehead atoms. The number of nitrogens with one attached hydrogen (secondary N) is 2. The van der Waals surface area contributed by atoms with Gasteiger partial charge in [0.1, 0.15) is 6.26 Å². The fourth-order valence-electron chi connectivity index (χ4n) is 3.01. The second-order valence-corrected chi connectivity index (χ2v) is 9.48. The largest absolute Gasteiger partial charge is 0.444 e. The fourth-order valence-corrected chi connectivity index (χ4v) is 4.44. The van der Waals surface area contributed by atoms with E-state index in [0.29, 0.717) is 31.4 Å². The Balaban J connectivity index is 1.41. The molecule has 0 fully saturated rings. The first kappa shape index (κ1) is 22.6. The van der Waals surface area contributed by atoms with Crippen LogP contribution in [0.25, 0.3) is 11.5 Å². The van der Waals surface area contributed by atoms with Crippen molar-refractivity contribution in [1.29, 1.82) is 0 Å². The minimum absolute atomic E-state index is 0.0658. The summed E-state index contributed by atoms with van der Waals surface area (Å²) >= 11 is 0. The second-order valence-electron chi connectivity index (χ2n) is 7.29. The monoisotopic (exact) mass is 440 g/mol. The SMILES string of the molecule is CN=C(NCCCS(=O)(=O)Cc1ccccc1)NCc1coc(-c2ccc(C)cc2)n1. The lowest BCUT2D eigenvalue weighted by molar-refractivity contribution is 0.572. The second kappa shape index (κ2) is 10.8. The summed E-state index contributed by atoms with van der Waals surface area (Å²) in [6.45, 7) is 2.98. The lowest BCUT2D eigenvalue weighted by Gasteiger charge is -2.11. The maximum atomic E-state index is 12.3. The highest BCUT2D eigenvalue weighted by molar-refractivity contribution is 7.90. The average Bonchev–Trinajstić information content (AvgIpc) is 3.23. The molecule has 8 heteroatoms. The lowest BCUT2D eigenvalue weighted by Crippen LogP contribution is -2.37. The molecule has 7 nitrogen and oxygen atoms in total. The van der Waals surface area contributed by atoms with Crippen LogP contribution in [0.3, 0.4) is 0 Å². The Morgan fingerprint density at radius 1 is 1.06 bits per heavy atom. The van der Waals surface area contributed by atoms with E-state index >= 15 is 0 Å². The van der Waals surface area contributed by atoms with E-state index in [4.69, 9.17) is 4.42 Å². The third-order valence-corrected chi connectivity index (χ3v) is 6.35. The van der Waals surface area contributed by atoms with E-state index in [0.717, 1.165) is 16.8 Å². The first-order chi connectivity index (χ1) is 14.9. The van der Waals surface area contributed by atoms with Crippen LogP contribution < -0.4 is 10.6 Å². The first-order valence-electron chi connectivity index (χ1n) is 10.2. The number of nitrogens with zero attached hydrogens (tertiary/aromatic N) is 2. The normalized spacial score (nSPS) is 12.0. The maximum Gasteiger partial charge on any atom is 0.226 e. The number of hydrogen-bond donors (Lipinski definition) is 2. The Hall–Kier alpha value is -3.13. The minimum atomic E-state index is -3.14. The number of aromatic nitrogens is 1. The fraction of sp³-hybridized carbons (Fsp3) is 0.304. The molecule has 0 atom stereocenters. The van der Waals surface area contributed by atoms with Gasteiger partial charge in [0.2, 0.25) is 5.89 Å². The quantitative estimate of drug-likeness (QED) is 0.301. The smallest absolute Gasteiger partial charge is 0.226 e. The molecule has 1 aromatic heterocycles. The molecule has 0 aliphatic carbocycles. The molecule has 0 unspecified atom stereocenters. The van der Waals surface area contributed by atoms with Crippen LogP contribution in [0.5, 0.6) is 0 Å². The summed E-state index contributed by atoms with van der Waals surface area (Å²) in [5.74, 6) is 1.34. The Morgan fingerprint density at radius 2 is 1.81 bits per heavy atom. The van der Waals surface area contributed by atoms with Crippen molar-refractivity contribution in [3.63, 3.8) is 0 Å². The van der Waals surface area contributed by atoms with Crippen LogP contribution in [0.4, 0.5) is 0 Å². The van der Waals surface area contributed by atoms with Crippen molar-refractivity contribution in [2.24, 2.45) is 4.99 Å². The van der Waals surface area contributed by atoms with Crippen molar-refractivity contribution < 1.29 is 12.8 Å². The molecule has 0 aliphatic heterocycles. The van der Waals surface area contributed by atoms with E-state index in [9.17, 15) is 8.42 Å². The van der Waals surface area contributed by atoms with Gasteiger partial charge >= 0.3 is 0 Å². The van der Waals surface area contributed by atoms with Gasteiger partial charge in [-0.15, -0.1) is 0 Å². The van der Waals surface area contributed by atoms with Crippen molar-refractivity contribution in [2.45, 2.75) is 25.6 Å². The predicted molar refractivity (Wildman–Crippen MR) is 123 cm³/mol. The van der Waals surface area contributed by atoms with Crippen molar-refractivity contribution in [3.8, 4) is 11.5 Å². The molecule has 31 heavy (non-hydrogen) atoms. The van der Waals surface area contributed by atoms with Gasteiger partial charge in [-0.05, 0) is 31.0 Å². The highest BCUT2D eigenvalue weighted by atomic mass is 32.2. The Kier molecular flexibility index (Phi) is 7.83. The molecule has 0 aliphatic rings. The molecule has 2 N–H and O–H groups in total. The van der Waals surface area contributed by atoms with Gasteiger partial charge in [-0.3, -0.25) is 4.99 Å². The van der Waals surface area contributed by atoms with E-state index in [1.807, 2.05) is 61.5 Å². The van der Waals surface area contributed by atoms with Crippen LogP contribution in [-0.4, -0.2) is 38.7 Å². The van der Waals surface area contributed by atoms with Crippen molar-refractivity contribution in [1.82, 2.24) is 15.6 Å².